The Hall–Kier alpha value is -2.39. The van der Waals surface area contributed by atoms with Gasteiger partial charge in [0.2, 0.25) is 0 Å². The van der Waals surface area contributed by atoms with Crippen LogP contribution in [0.3, 0.4) is 0 Å². The van der Waals surface area contributed by atoms with Crippen LogP contribution >= 0.6 is 0 Å². The maximum absolute atomic E-state index is 4.92. The van der Waals surface area contributed by atoms with Crippen molar-refractivity contribution >= 4 is 32.8 Å². The number of benzene rings is 3. The Morgan fingerprint density at radius 1 is 0.821 bits per heavy atom. The second-order valence-corrected chi connectivity index (χ2v) is 17.8. The molecule has 0 N–H and O–H groups in total. The molecule has 3 aromatic carbocycles. The monoisotopic (exact) mass is 425 g/mol. The van der Waals surface area contributed by atoms with E-state index < -0.39 is 13.3 Å². The van der Waals surface area contributed by atoms with E-state index in [1.54, 1.807) is 8.79 Å². The zero-order valence-electron chi connectivity index (χ0n) is 17.0. The Kier molecular flexibility index (Phi) is 3.99. The fraction of sp³-hybridized carbons (Fsp3) is 0.192. The molecule has 0 aliphatic carbocycles. The van der Waals surface area contributed by atoms with E-state index >= 15 is 0 Å². The van der Waals surface area contributed by atoms with Crippen LogP contribution in [0.15, 0.2) is 72.9 Å². The SMILES string of the molecule is CC(C)c1cc(-c2ncc[c]3c2-c2cccc[c]2[Ge]3([CH3])[CH3])cc2ccccc12. The van der Waals surface area contributed by atoms with E-state index in [1.165, 1.54) is 33.0 Å². The zero-order chi connectivity index (χ0) is 19.5. The maximum atomic E-state index is 4.92. The van der Waals surface area contributed by atoms with E-state index in [-0.39, 0.29) is 0 Å². The first-order valence-electron chi connectivity index (χ1n) is 10.1. The fourth-order valence-electron chi connectivity index (χ4n) is 4.82. The second kappa shape index (κ2) is 6.32. The third kappa shape index (κ3) is 2.49. The molecule has 0 saturated carbocycles. The molecule has 1 aromatic heterocycles. The van der Waals surface area contributed by atoms with Crippen molar-refractivity contribution in [3.63, 3.8) is 0 Å². The van der Waals surface area contributed by atoms with Gasteiger partial charge in [0.1, 0.15) is 0 Å². The van der Waals surface area contributed by atoms with Crippen LogP contribution in [0.25, 0.3) is 33.2 Å². The van der Waals surface area contributed by atoms with Gasteiger partial charge >= 0.3 is 170 Å². The zero-order valence-corrected chi connectivity index (χ0v) is 19.1. The Morgan fingerprint density at radius 3 is 2.39 bits per heavy atom. The third-order valence-electron chi connectivity index (χ3n) is 6.28. The predicted molar refractivity (Wildman–Crippen MR) is 123 cm³/mol. The van der Waals surface area contributed by atoms with E-state index in [0.717, 1.165) is 5.69 Å². The van der Waals surface area contributed by atoms with Crippen LogP contribution in [-0.2, 0) is 0 Å². The first-order chi connectivity index (χ1) is 13.5. The number of nitrogens with zero attached hydrogens (tertiary/aromatic N) is 1. The summed E-state index contributed by atoms with van der Waals surface area (Å²) in [6.07, 6.45) is 2.03. The van der Waals surface area contributed by atoms with Gasteiger partial charge in [0.25, 0.3) is 0 Å². The number of aromatic nitrogens is 1. The molecule has 0 unspecified atom stereocenters. The van der Waals surface area contributed by atoms with Gasteiger partial charge in [-0.05, 0) is 0 Å². The van der Waals surface area contributed by atoms with Crippen molar-refractivity contribution in [2.75, 3.05) is 0 Å². The molecule has 2 heterocycles. The average Bonchev–Trinajstić information content (AvgIpc) is 2.95. The van der Waals surface area contributed by atoms with Crippen LogP contribution in [0.4, 0.5) is 0 Å². The van der Waals surface area contributed by atoms with E-state index in [1.807, 2.05) is 6.20 Å². The van der Waals surface area contributed by atoms with Gasteiger partial charge in [0.05, 0.1) is 0 Å². The topological polar surface area (TPSA) is 12.9 Å². The van der Waals surface area contributed by atoms with Gasteiger partial charge in [0.15, 0.2) is 0 Å². The third-order valence-corrected chi connectivity index (χ3v) is 13.7. The van der Waals surface area contributed by atoms with Crippen LogP contribution in [-0.4, -0.2) is 18.3 Å². The molecular weight excluding hydrogens is 399 g/mol. The molecule has 1 nitrogen and oxygen atoms in total. The number of rotatable bonds is 2. The molecule has 2 heteroatoms. The van der Waals surface area contributed by atoms with Crippen molar-refractivity contribution in [2.45, 2.75) is 31.3 Å². The summed E-state index contributed by atoms with van der Waals surface area (Å²) < 4.78 is 3.14. The first kappa shape index (κ1) is 17.7. The number of pyridine rings is 1. The van der Waals surface area contributed by atoms with Crippen LogP contribution in [0.2, 0.25) is 11.5 Å². The van der Waals surface area contributed by atoms with E-state index in [4.69, 9.17) is 4.98 Å². The summed E-state index contributed by atoms with van der Waals surface area (Å²) in [6.45, 7) is 4.56. The van der Waals surface area contributed by atoms with Gasteiger partial charge in [-0.3, -0.25) is 0 Å². The molecule has 0 saturated heterocycles. The number of fused-ring (bicyclic) bond motifs is 4. The summed E-state index contributed by atoms with van der Waals surface area (Å²) in [4.78, 5) is 4.92. The van der Waals surface area contributed by atoms with Crippen molar-refractivity contribution < 1.29 is 0 Å². The Labute approximate surface area is 169 Å². The molecule has 1 aliphatic rings. The molecule has 1 aliphatic heterocycles. The van der Waals surface area contributed by atoms with Gasteiger partial charge in [-0.15, -0.1) is 0 Å². The summed E-state index contributed by atoms with van der Waals surface area (Å²) in [5.74, 6) is 5.49. The molecule has 0 fully saturated rings. The molecule has 4 aromatic rings. The number of hydrogen-bond acceptors (Lipinski definition) is 1. The van der Waals surface area contributed by atoms with Gasteiger partial charge in [-0.2, -0.15) is 0 Å². The first-order valence-corrected chi connectivity index (χ1v) is 16.4. The second-order valence-electron chi connectivity index (χ2n) is 8.69. The van der Waals surface area contributed by atoms with Crippen molar-refractivity contribution in [3.05, 3.63) is 78.5 Å². The van der Waals surface area contributed by atoms with Crippen molar-refractivity contribution in [1.29, 1.82) is 0 Å². The molecular formula is C26H25GeN. The summed E-state index contributed by atoms with van der Waals surface area (Å²) in [5, 5.41) is 2.65. The van der Waals surface area contributed by atoms with Crippen molar-refractivity contribution in [1.82, 2.24) is 4.98 Å². The van der Waals surface area contributed by atoms with E-state index in [9.17, 15) is 0 Å². The molecule has 28 heavy (non-hydrogen) atoms. The summed E-state index contributed by atoms with van der Waals surface area (Å²) in [6, 6.07) is 24.7. The van der Waals surface area contributed by atoms with E-state index in [2.05, 4.69) is 92.1 Å². The van der Waals surface area contributed by atoms with E-state index in [0.29, 0.717) is 5.92 Å². The van der Waals surface area contributed by atoms with Gasteiger partial charge in [-0.1, -0.05) is 0 Å². The van der Waals surface area contributed by atoms with Crippen LogP contribution in [0, 0.1) is 0 Å². The summed E-state index contributed by atoms with van der Waals surface area (Å²) in [5.41, 5.74) is 6.58. The minimum atomic E-state index is -2.26. The Morgan fingerprint density at radius 2 is 1.57 bits per heavy atom. The predicted octanol–water partition coefficient (Wildman–Crippen LogP) is 5.83. The summed E-state index contributed by atoms with van der Waals surface area (Å²) >= 11 is -2.26. The standard InChI is InChI=1S/C26H25GeN/c1-17(2)22-16-19(15-18-9-5-6-10-20(18)22)26-25-21-11-7-8-12-23(21)27(3,4)24(25)13-14-28-26/h5-17H,1-4H3. The molecule has 0 bridgehead atoms. The van der Waals surface area contributed by atoms with Crippen LogP contribution in [0.5, 0.6) is 0 Å². The van der Waals surface area contributed by atoms with Crippen LogP contribution < -0.4 is 8.79 Å². The quantitative estimate of drug-likeness (QED) is 0.369. The average molecular weight is 424 g/mol. The summed E-state index contributed by atoms with van der Waals surface area (Å²) in [7, 11) is 0. The fourth-order valence-corrected chi connectivity index (χ4v) is 11.2. The molecule has 138 valence electrons. The molecule has 5 rings (SSSR count). The minimum absolute atomic E-state index is 0.475. The van der Waals surface area contributed by atoms with Crippen molar-refractivity contribution in [3.8, 4) is 22.4 Å². The van der Waals surface area contributed by atoms with Gasteiger partial charge < -0.3 is 0 Å². The van der Waals surface area contributed by atoms with Gasteiger partial charge in [-0.25, -0.2) is 0 Å². The normalized spacial score (nSPS) is 14.3. The molecule has 0 amide bonds. The molecule has 0 atom stereocenters. The molecule has 0 radical (unpaired) electrons. The Balaban J connectivity index is 1.84. The van der Waals surface area contributed by atoms with Crippen molar-refractivity contribution in [2.24, 2.45) is 0 Å². The van der Waals surface area contributed by atoms with Gasteiger partial charge in [0, 0.05) is 0 Å². The number of hydrogen-bond donors (Lipinski definition) is 0. The Bertz CT molecular complexity index is 1220. The van der Waals surface area contributed by atoms with Crippen LogP contribution in [0.1, 0.15) is 25.3 Å². The molecule has 0 spiro atoms.